The largest absolute Gasteiger partial charge is 0.326 e. The first-order valence-corrected chi connectivity index (χ1v) is 6.54. The predicted octanol–water partition coefficient (Wildman–Crippen LogP) is 4.14. The molecule has 0 aliphatic carbocycles. The Morgan fingerprint density at radius 3 is 2.47 bits per heavy atom. The molecule has 19 heavy (non-hydrogen) atoms. The topological polar surface area (TPSA) is 29.1 Å². The number of carbonyl (C=O) groups excluding carboxylic acids is 1. The summed E-state index contributed by atoms with van der Waals surface area (Å²) in [6.07, 6.45) is 0.352. The minimum absolute atomic E-state index is 0.0176. The summed E-state index contributed by atoms with van der Waals surface area (Å²) in [5.41, 5.74) is 4.02. The Morgan fingerprint density at radius 1 is 1.11 bits per heavy atom. The molecule has 0 atom stereocenters. The van der Waals surface area contributed by atoms with Gasteiger partial charge in [-0.2, -0.15) is 0 Å². The Morgan fingerprint density at radius 2 is 1.79 bits per heavy atom. The highest BCUT2D eigenvalue weighted by molar-refractivity contribution is 6.30. The molecule has 0 aromatic heterocycles. The van der Waals surface area contributed by atoms with Gasteiger partial charge >= 0.3 is 0 Å². The van der Waals surface area contributed by atoms with Crippen molar-refractivity contribution in [2.75, 3.05) is 5.32 Å². The summed E-state index contributed by atoms with van der Waals surface area (Å²) >= 11 is 5.82. The second-order valence-corrected chi connectivity index (χ2v) is 5.11. The summed E-state index contributed by atoms with van der Waals surface area (Å²) in [6, 6.07) is 13.3. The zero-order chi connectivity index (χ0) is 13.8. The third-order valence-corrected chi connectivity index (χ3v) is 3.20. The fourth-order valence-electron chi connectivity index (χ4n) is 1.85. The zero-order valence-corrected chi connectivity index (χ0v) is 11.8. The third kappa shape index (κ3) is 3.83. The van der Waals surface area contributed by atoms with Crippen LogP contribution in [0.3, 0.4) is 0 Å². The van der Waals surface area contributed by atoms with Gasteiger partial charge < -0.3 is 5.32 Å². The van der Waals surface area contributed by atoms with E-state index < -0.39 is 0 Å². The van der Waals surface area contributed by atoms with Gasteiger partial charge in [0.1, 0.15) is 0 Å². The van der Waals surface area contributed by atoms with Crippen molar-refractivity contribution in [3.8, 4) is 0 Å². The smallest absolute Gasteiger partial charge is 0.228 e. The normalized spacial score (nSPS) is 10.3. The molecule has 2 aromatic rings. The van der Waals surface area contributed by atoms with E-state index in [9.17, 15) is 4.79 Å². The molecule has 98 valence electrons. The van der Waals surface area contributed by atoms with Gasteiger partial charge in [0.05, 0.1) is 6.42 Å². The lowest BCUT2D eigenvalue weighted by atomic mass is 10.1. The van der Waals surface area contributed by atoms with Crippen molar-refractivity contribution < 1.29 is 4.79 Å². The molecule has 2 aromatic carbocycles. The number of aryl methyl sites for hydroxylation is 2. The predicted molar refractivity (Wildman–Crippen MR) is 79.7 cm³/mol. The van der Waals surface area contributed by atoms with Crippen molar-refractivity contribution in [3.05, 3.63) is 64.2 Å². The van der Waals surface area contributed by atoms with Crippen molar-refractivity contribution >= 4 is 23.2 Å². The van der Waals surface area contributed by atoms with Crippen LogP contribution in [0.25, 0.3) is 0 Å². The lowest BCUT2D eigenvalue weighted by Gasteiger charge is -2.09. The Bertz CT molecular complexity index is 590. The molecule has 0 aliphatic rings. The first-order valence-electron chi connectivity index (χ1n) is 6.16. The molecule has 0 heterocycles. The zero-order valence-electron chi connectivity index (χ0n) is 11.0. The van der Waals surface area contributed by atoms with Crippen LogP contribution in [-0.2, 0) is 11.2 Å². The second kappa shape index (κ2) is 5.89. The van der Waals surface area contributed by atoms with Crippen LogP contribution in [0.4, 0.5) is 5.69 Å². The summed E-state index contributed by atoms with van der Waals surface area (Å²) < 4.78 is 0. The summed E-state index contributed by atoms with van der Waals surface area (Å²) in [4.78, 5) is 12.0. The van der Waals surface area contributed by atoms with E-state index in [-0.39, 0.29) is 5.91 Å². The number of benzene rings is 2. The fraction of sp³-hybridized carbons (Fsp3) is 0.188. The van der Waals surface area contributed by atoms with Gasteiger partial charge in [0, 0.05) is 10.7 Å². The van der Waals surface area contributed by atoms with E-state index in [2.05, 4.69) is 5.32 Å². The van der Waals surface area contributed by atoms with Gasteiger partial charge in [0.2, 0.25) is 5.91 Å². The summed E-state index contributed by atoms with van der Waals surface area (Å²) in [5, 5.41) is 3.62. The molecule has 0 saturated heterocycles. The quantitative estimate of drug-likeness (QED) is 0.895. The van der Waals surface area contributed by atoms with E-state index >= 15 is 0 Å². The number of hydrogen-bond donors (Lipinski definition) is 1. The van der Waals surface area contributed by atoms with E-state index in [1.165, 1.54) is 0 Å². The summed E-state index contributed by atoms with van der Waals surface area (Å²) in [6.45, 7) is 3.99. The highest BCUT2D eigenvalue weighted by atomic mass is 35.5. The SMILES string of the molecule is Cc1ccc(C)c(NC(=O)Cc2ccc(Cl)cc2)c1. The number of anilines is 1. The lowest BCUT2D eigenvalue weighted by molar-refractivity contribution is -0.115. The summed E-state index contributed by atoms with van der Waals surface area (Å²) in [5.74, 6) is -0.0176. The highest BCUT2D eigenvalue weighted by Gasteiger charge is 2.06. The molecule has 0 fully saturated rings. The molecule has 3 heteroatoms. The Balaban J connectivity index is 2.05. The minimum atomic E-state index is -0.0176. The van der Waals surface area contributed by atoms with Gasteiger partial charge in [-0.05, 0) is 48.7 Å². The number of carbonyl (C=O) groups is 1. The van der Waals surface area contributed by atoms with Crippen LogP contribution in [0.2, 0.25) is 5.02 Å². The van der Waals surface area contributed by atoms with Crippen LogP contribution in [0.15, 0.2) is 42.5 Å². The fourth-order valence-corrected chi connectivity index (χ4v) is 1.98. The Kier molecular flexibility index (Phi) is 4.23. The summed E-state index contributed by atoms with van der Waals surface area (Å²) in [7, 11) is 0. The van der Waals surface area contributed by atoms with E-state index in [1.54, 1.807) is 12.1 Å². The van der Waals surface area contributed by atoms with E-state index in [1.807, 2.05) is 44.2 Å². The molecule has 2 rings (SSSR count). The number of rotatable bonds is 3. The van der Waals surface area contributed by atoms with Crippen LogP contribution >= 0.6 is 11.6 Å². The molecule has 0 unspecified atom stereocenters. The van der Waals surface area contributed by atoms with Crippen molar-refractivity contribution in [2.24, 2.45) is 0 Å². The molecule has 2 nitrogen and oxygen atoms in total. The first-order chi connectivity index (χ1) is 9.04. The molecular formula is C16H16ClNO. The molecular weight excluding hydrogens is 258 g/mol. The van der Waals surface area contributed by atoms with Crippen molar-refractivity contribution in [1.82, 2.24) is 0 Å². The van der Waals surface area contributed by atoms with Crippen molar-refractivity contribution in [3.63, 3.8) is 0 Å². The van der Waals surface area contributed by atoms with E-state index in [0.717, 1.165) is 22.4 Å². The van der Waals surface area contributed by atoms with E-state index in [0.29, 0.717) is 11.4 Å². The third-order valence-electron chi connectivity index (χ3n) is 2.95. The average molecular weight is 274 g/mol. The Hall–Kier alpha value is -1.80. The number of hydrogen-bond acceptors (Lipinski definition) is 1. The molecule has 0 aliphatic heterocycles. The number of halogens is 1. The molecule has 0 spiro atoms. The second-order valence-electron chi connectivity index (χ2n) is 4.67. The maximum atomic E-state index is 12.0. The lowest BCUT2D eigenvalue weighted by Crippen LogP contribution is -2.15. The van der Waals surface area contributed by atoms with Crippen LogP contribution < -0.4 is 5.32 Å². The van der Waals surface area contributed by atoms with Crippen LogP contribution in [-0.4, -0.2) is 5.91 Å². The molecule has 1 amide bonds. The van der Waals surface area contributed by atoms with Crippen molar-refractivity contribution in [1.29, 1.82) is 0 Å². The van der Waals surface area contributed by atoms with Crippen LogP contribution in [0.5, 0.6) is 0 Å². The molecule has 0 saturated carbocycles. The van der Waals surface area contributed by atoms with Gasteiger partial charge in [-0.25, -0.2) is 0 Å². The monoisotopic (exact) mass is 273 g/mol. The van der Waals surface area contributed by atoms with Gasteiger partial charge in [0.25, 0.3) is 0 Å². The van der Waals surface area contributed by atoms with Crippen LogP contribution in [0.1, 0.15) is 16.7 Å². The number of nitrogens with one attached hydrogen (secondary N) is 1. The van der Waals surface area contributed by atoms with Gasteiger partial charge in [-0.1, -0.05) is 35.9 Å². The van der Waals surface area contributed by atoms with Crippen LogP contribution in [0, 0.1) is 13.8 Å². The van der Waals surface area contributed by atoms with Gasteiger partial charge in [-0.3, -0.25) is 4.79 Å². The van der Waals surface area contributed by atoms with Gasteiger partial charge in [-0.15, -0.1) is 0 Å². The van der Waals surface area contributed by atoms with Gasteiger partial charge in [0.15, 0.2) is 0 Å². The standard InChI is InChI=1S/C16H16ClNO/c1-11-3-4-12(2)15(9-11)18-16(19)10-13-5-7-14(17)8-6-13/h3-9H,10H2,1-2H3,(H,18,19). The highest BCUT2D eigenvalue weighted by Crippen LogP contribution is 2.17. The maximum absolute atomic E-state index is 12.0. The number of amides is 1. The molecule has 0 radical (unpaired) electrons. The van der Waals surface area contributed by atoms with Crippen molar-refractivity contribution in [2.45, 2.75) is 20.3 Å². The average Bonchev–Trinajstić information content (AvgIpc) is 2.37. The molecule has 1 N–H and O–H groups in total. The Labute approximate surface area is 118 Å². The van der Waals surface area contributed by atoms with E-state index in [4.69, 9.17) is 11.6 Å². The minimum Gasteiger partial charge on any atom is -0.326 e. The maximum Gasteiger partial charge on any atom is 0.228 e. The molecule has 0 bridgehead atoms. The first kappa shape index (κ1) is 13.6.